The molecule has 0 saturated carbocycles. The number of anilines is 1. The van der Waals surface area contributed by atoms with Crippen LogP contribution in [0.1, 0.15) is 39.2 Å². The molecule has 10 heteroatoms. The summed E-state index contributed by atoms with van der Waals surface area (Å²) >= 11 is 0. The van der Waals surface area contributed by atoms with Crippen LogP contribution in [0.15, 0.2) is 48.5 Å². The third-order valence-corrected chi connectivity index (χ3v) is 7.07. The highest BCUT2D eigenvalue weighted by Gasteiger charge is 2.26. The van der Waals surface area contributed by atoms with Crippen molar-refractivity contribution in [2.45, 2.75) is 46.2 Å². The van der Waals surface area contributed by atoms with Crippen LogP contribution in [0.5, 0.6) is 11.5 Å². The van der Waals surface area contributed by atoms with Crippen molar-refractivity contribution in [2.75, 3.05) is 37.9 Å². The van der Waals surface area contributed by atoms with Crippen molar-refractivity contribution in [3.8, 4) is 11.5 Å². The lowest BCUT2D eigenvalue weighted by Crippen LogP contribution is -2.48. The second kappa shape index (κ2) is 13.9. The minimum atomic E-state index is -3.56. The van der Waals surface area contributed by atoms with Crippen LogP contribution < -0.4 is 19.1 Å². The molecule has 0 bridgehead atoms. The zero-order valence-electron chi connectivity index (χ0n) is 22.6. The van der Waals surface area contributed by atoms with E-state index in [2.05, 4.69) is 5.32 Å². The van der Waals surface area contributed by atoms with Gasteiger partial charge >= 0.3 is 0 Å². The van der Waals surface area contributed by atoms with Crippen LogP contribution in [0, 0.1) is 5.92 Å². The molecular formula is C27H39N3O6S. The van der Waals surface area contributed by atoms with E-state index in [9.17, 15) is 18.0 Å². The fourth-order valence-corrected chi connectivity index (χ4v) is 4.68. The van der Waals surface area contributed by atoms with E-state index in [-0.39, 0.29) is 43.7 Å². The van der Waals surface area contributed by atoms with E-state index in [0.29, 0.717) is 23.7 Å². The largest absolute Gasteiger partial charge is 0.497 e. The molecule has 0 aliphatic rings. The number of nitrogens with one attached hydrogen (secondary N) is 1. The Labute approximate surface area is 220 Å². The van der Waals surface area contributed by atoms with Crippen LogP contribution in [0.3, 0.4) is 0 Å². The monoisotopic (exact) mass is 533 g/mol. The molecule has 37 heavy (non-hydrogen) atoms. The lowest BCUT2D eigenvalue weighted by atomic mass is 10.1. The zero-order chi connectivity index (χ0) is 27.6. The van der Waals surface area contributed by atoms with Gasteiger partial charge in [0, 0.05) is 26.1 Å². The topological polar surface area (TPSA) is 105 Å². The first-order valence-corrected chi connectivity index (χ1v) is 14.1. The van der Waals surface area contributed by atoms with E-state index in [0.717, 1.165) is 11.8 Å². The van der Waals surface area contributed by atoms with Crippen LogP contribution >= 0.6 is 0 Å². The van der Waals surface area contributed by atoms with E-state index >= 15 is 0 Å². The maximum absolute atomic E-state index is 13.3. The maximum Gasteiger partial charge on any atom is 0.242 e. The minimum absolute atomic E-state index is 0.0835. The second-order valence-electron chi connectivity index (χ2n) is 9.32. The molecule has 0 unspecified atom stereocenters. The van der Waals surface area contributed by atoms with Gasteiger partial charge in [-0.05, 0) is 61.2 Å². The van der Waals surface area contributed by atoms with E-state index in [1.54, 1.807) is 50.4 Å². The summed E-state index contributed by atoms with van der Waals surface area (Å²) in [6.07, 6.45) is 1.51. The summed E-state index contributed by atoms with van der Waals surface area (Å²) in [4.78, 5) is 27.7. The van der Waals surface area contributed by atoms with Gasteiger partial charge in [0.15, 0.2) is 0 Å². The molecule has 2 rings (SSSR count). The predicted octanol–water partition coefficient (Wildman–Crippen LogP) is 3.44. The number of hydrogen-bond donors (Lipinski definition) is 1. The van der Waals surface area contributed by atoms with Crippen LogP contribution in [0.25, 0.3) is 0 Å². The van der Waals surface area contributed by atoms with Crippen LogP contribution in [0.2, 0.25) is 0 Å². The summed E-state index contributed by atoms with van der Waals surface area (Å²) in [7, 11) is -0.445. The number of carbonyl (C=O) groups is 2. The lowest BCUT2D eigenvalue weighted by Gasteiger charge is -2.29. The van der Waals surface area contributed by atoms with Gasteiger partial charge in [-0.25, -0.2) is 8.42 Å². The fraction of sp³-hybridized carbons (Fsp3) is 0.481. The Hall–Kier alpha value is -3.27. The van der Waals surface area contributed by atoms with Gasteiger partial charge in [-0.2, -0.15) is 0 Å². The van der Waals surface area contributed by atoms with E-state index in [4.69, 9.17) is 9.47 Å². The fourth-order valence-electron chi connectivity index (χ4n) is 3.72. The number of carbonyl (C=O) groups excluding carboxylic acids is 2. The SMILES string of the molecule is COc1ccc(CN(C(=O)CCCN(c2ccc(OC)cc2)S(C)(=O)=O)[C@H](C)C(=O)NCC(C)C)cc1. The van der Waals surface area contributed by atoms with Crippen LogP contribution in [-0.4, -0.2) is 64.7 Å². The predicted molar refractivity (Wildman–Crippen MR) is 145 cm³/mol. The molecule has 0 aromatic heterocycles. The number of benzene rings is 2. The molecule has 0 fully saturated rings. The number of methoxy groups -OCH3 is 2. The van der Waals surface area contributed by atoms with Crippen molar-refractivity contribution in [3.05, 3.63) is 54.1 Å². The molecule has 2 aromatic carbocycles. The summed E-state index contributed by atoms with van der Waals surface area (Å²) in [5, 5.41) is 2.90. The molecule has 0 heterocycles. The molecule has 0 radical (unpaired) electrons. The first-order valence-electron chi connectivity index (χ1n) is 12.3. The number of rotatable bonds is 14. The van der Waals surface area contributed by atoms with Gasteiger partial charge in [-0.1, -0.05) is 26.0 Å². The molecule has 2 aromatic rings. The van der Waals surface area contributed by atoms with E-state index in [1.165, 1.54) is 16.3 Å². The van der Waals surface area contributed by atoms with Gasteiger partial charge in [0.1, 0.15) is 17.5 Å². The smallest absolute Gasteiger partial charge is 0.242 e. The average Bonchev–Trinajstić information content (AvgIpc) is 2.87. The number of ether oxygens (including phenoxy) is 2. The highest BCUT2D eigenvalue weighted by molar-refractivity contribution is 7.92. The minimum Gasteiger partial charge on any atom is -0.497 e. The molecule has 0 spiro atoms. The van der Waals surface area contributed by atoms with E-state index < -0.39 is 16.1 Å². The van der Waals surface area contributed by atoms with Crippen molar-refractivity contribution in [3.63, 3.8) is 0 Å². The van der Waals surface area contributed by atoms with Crippen LogP contribution in [0.4, 0.5) is 5.69 Å². The number of amides is 2. The van der Waals surface area contributed by atoms with Gasteiger partial charge in [-0.15, -0.1) is 0 Å². The van der Waals surface area contributed by atoms with Gasteiger partial charge in [0.25, 0.3) is 0 Å². The van der Waals surface area contributed by atoms with Gasteiger partial charge in [0.05, 0.1) is 26.2 Å². The third kappa shape index (κ3) is 9.27. The second-order valence-corrected chi connectivity index (χ2v) is 11.2. The third-order valence-electron chi connectivity index (χ3n) is 5.88. The zero-order valence-corrected chi connectivity index (χ0v) is 23.4. The normalized spacial score (nSPS) is 12.1. The molecule has 0 saturated heterocycles. The average molecular weight is 534 g/mol. The van der Waals surface area contributed by atoms with Gasteiger partial charge in [0.2, 0.25) is 21.8 Å². The Kier molecular flexibility index (Phi) is 11.2. The first kappa shape index (κ1) is 30.0. The summed E-state index contributed by atoms with van der Waals surface area (Å²) < 4.78 is 36.5. The molecule has 204 valence electrons. The highest BCUT2D eigenvalue weighted by Crippen LogP contribution is 2.22. The molecule has 9 nitrogen and oxygen atoms in total. The molecule has 1 atom stereocenters. The lowest BCUT2D eigenvalue weighted by molar-refractivity contribution is -0.140. The van der Waals surface area contributed by atoms with Crippen molar-refractivity contribution in [1.82, 2.24) is 10.2 Å². The number of nitrogens with zero attached hydrogens (tertiary/aromatic N) is 2. The Morgan fingerprint density at radius 2 is 1.46 bits per heavy atom. The number of sulfonamides is 1. The first-order chi connectivity index (χ1) is 17.5. The van der Waals surface area contributed by atoms with Gasteiger partial charge in [-0.3, -0.25) is 13.9 Å². The summed E-state index contributed by atoms with van der Waals surface area (Å²) in [6, 6.07) is 13.3. The Balaban J connectivity index is 2.15. The van der Waals surface area contributed by atoms with Crippen LogP contribution in [-0.2, 0) is 26.2 Å². The molecule has 0 aliphatic carbocycles. The summed E-state index contributed by atoms with van der Waals surface area (Å²) in [5.41, 5.74) is 1.35. The maximum atomic E-state index is 13.3. The van der Waals surface area contributed by atoms with Crippen molar-refractivity contribution >= 4 is 27.5 Å². The Morgan fingerprint density at radius 3 is 1.95 bits per heavy atom. The van der Waals surface area contributed by atoms with Crippen molar-refractivity contribution in [1.29, 1.82) is 0 Å². The van der Waals surface area contributed by atoms with Crippen molar-refractivity contribution < 1.29 is 27.5 Å². The molecule has 2 amide bonds. The Bertz CT molecular complexity index is 1120. The molecular weight excluding hydrogens is 494 g/mol. The summed E-state index contributed by atoms with van der Waals surface area (Å²) in [5.74, 6) is 1.13. The summed E-state index contributed by atoms with van der Waals surface area (Å²) in [6.45, 7) is 6.59. The standard InChI is InChI=1S/C27H39N3O6S/c1-20(2)18-28-27(32)21(3)29(19-22-9-13-24(35-4)14-10-22)26(31)8-7-17-30(37(6,33)34)23-11-15-25(36-5)16-12-23/h9-16,20-21H,7-8,17-19H2,1-6H3,(H,28,32)/t21-/m1/s1. The van der Waals surface area contributed by atoms with E-state index in [1.807, 2.05) is 26.0 Å². The highest BCUT2D eigenvalue weighted by atomic mass is 32.2. The molecule has 0 aliphatic heterocycles. The van der Waals surface area contributed by atoms with Gasteiger partial charge < -0.3 is 19.7 Å². The quantitative estimate of drug-likeness (QED) is 0.399. The number of hydrogen-bond acceptors (Lipinski definition) is 6. The van der Waals surface area contributed by atoms with Crippen molar-refractivity contribution in [2.24, 2.45) is 5.92 Å². The molecule has 1 N–H and O–H groups in total. The Morgan fingerprint density at radius 1 is 0.919 bits per heavy atom.